The van der Waals surface area contributed by atoms with Gasteiger partial charge in [0.2, 0.25) is 0 Å². The van der Waals surface area contributed by atoms with Crippen LogP contribution in [0.4, 0.5) is 0 Å². The Kier molecular flexibility index (Phi) is 5.57. The van der Waals surface area contributed by atoms with Crippen LogP contribution >= 0.6 is 11.8 Å². The molecule has 1 unspecified atom stereocenters. The third kappa shape index (κ3) is 3.51. The molecule has 1 aliphatic carbocycles. The van der Waals surface area contributed by atoms with E-state index in [-0.39, 0.29) is 0 Å². The van der Waals surface area contributed by atoms with E-state index in [4.69, 9.17) is 0 Å². The van der Waals surface area contributed by atoms with Crippen molar-refractivity contribution in [1.82, 2.24) is 14.9 Å². The molecule has 1 aliphatic rings. The minimum Gasteiger partial charge on any atom is -0.334 e. The van der Waals surface area contributed by atoms with E-state index >= 15 is 0 Å². The predicted molar refractivity (Wildman–Crippen MR) is 79.0 cm³/mol. The molecule has 0 aliphatic heterocycles. The molecule has 1 saturated carbocycles. The second-order valence-corrected chi connectivity index (χ2v) is 6.39. The normalized spacial score (nSPS) is 18.3. The number of nitrogens with zero attached hydrogens (tertiary/aromatic N) is 2. The van der Waals surface area contributed by atoms with E-state index in [0.717, 1.165) is 24.0 Å². The highest BCUT2D eigenvalue weighted by molar-refractivity contribution is 7.99. The van der Waals surface area contributed by atoms with E-state index in [0.29, 0.717) is 6.04 Å². The number of hydrogen-bond acceptors (Lipinski definition) is 3. The monoisotopic (exact) mass is 267 g/mol. The Balaban J connectivity index is 1.91. The van der Waals surface area contributed by atoms with Gasteiger partial charge in [0, 0.05) is 29.9 Å². The van der Waals surface area contributed by atoms with Crippen molar-refractivity contribution >= 4 is 11.8 Å². The topological polar surface area (TPSA) is 29.9 Å². The lowest BCUT2D eigenvalue weighted by molar-refractivity contribution is 0.551. The van der Waals surface area contributed by atoms with Gasteiger partial charge < -0.3 is 9.88 Å². The Labute approximate surface area is 115 Å². The Morgan fingerprint density at radius 1 is 1.50 bits per heavy atom. The molecule has 0 radical (unpaired) electrons. The van der Waals surface area contributed by atoms with Gasteiger partial charge in [0.15, 0.2) is 0 Å². The largest absolute Gasteiger partial charge is 0.334 e. The molecule has 2 rings (SSSR count). The molecule has 1 N–H and O–H groups in total. The number of nitrogens with one attached hydrogen (secondary N) is 1. The summed E-state index contributed by atoms with van der Waals surface area (Å²) in [5, 5.41) is 4.31. The van der Waals surface area contributed by atoms with Crippen LogP contribution in [0.25, 0.3) is 0 Å². The molecule has 1 heterocycles. The first-order valence-corrected chi connectivity index (χ1v) is 8.20. The number of aryl methyl sites for hydroxylation is 1. The van der Waals surface area contributed by atoms with E-state index < -0.39 is 0 Å². The average molecular weight is 267 g/mol. The maximum Gasteiger partial charge on any atom is 0.126 e. The van der Waals surface area contributed by atoms with Crippen molar-refractivity contribution in [3.63, 3.8) is 0 Å². The molecule has 1 aromatic rings. The Bertz CT molecular complexity index is 345. The molecule has 4 heteroatoms. The standard InChI is InChI=1S/C14H25N3S/c1-3-9-17-10-8-16-14(17)13(15-2)11-18-12-6-4-5-7-12/h8,10,12-13,15H,3-7,9,11H2,1-2H3. The second-order valence-electron chi connectivity index (χ2n) is 5.06. The van der Waals surface area contributed by atoms with Gasteiger partial charge in [-0.15, -0.1) is 0 Å². The summed E-state index contributed by atoms with van der Waals surface area (Å²) in [5.41, 5.74) is 0. The fraction of sp³-hybridized carbons (Fsp3) is 0.786. The van der Waals surface area contributed by atoms with Crippen LogP contribution in [0.2, 0.25) is 0 Å². The first-order valence-electron chi connectivity index (χ1n) is 7.15. The molecule has 18 heavy (non-hydrogen) atoms. The smallest absolute Gasteiger partial charge is 0.126 e. The van der Waals surface area contributed by atoms with E-state index in [1.807, 2.05) is 13.2 Å². The Morgan fingerprint density at radius 2 is 2.28 bits per heavy atom. The zero-order chi connectivity index (χ0) is 12.8. The summed E-state index contributed by atoms with van der Waals surface area (Å²) in [6, 6.07) is 0.386. The first kappa shape index (κ1) is 13.9. The molecule has 0 saturated heterocycles. The maximum atomic E-state index is 4.54. The third-order valence-corrected chi connectivity index (χ3v) is 5.14. The van der Waals surface area contributed by atoms with E-state index in [1.54, 1.807) is 0 Å². The summed E-state index contributed by atoms with van der Waals surface area (Å²) >= 11 is 2.13. The summed E-state index contributed by atoms with van der Waals surface area (Å²) in [4.78, 5) is 4.54. The first-order chi connectivity index (χ1) is 8.85. The Morgan fingerprint density at radius 3 is 2.94 bits per heavy atom. The lowest BCUT2D eigenvalue weighted by Crippen LogP contribution is -2.23. The molecule has 0 amide bonds. The van der Waals surface area contributed by atoms with Gasteiger partial charge in [0.25, 0.3) is 0 Å². The maximum absolute atomic E-state index is 4.54. The summed E-state index contributed by atoms with van der Waals surface area (Å²) in [6.07, 6.45) is 10.8. The van der Waals surface area contributed by atoms with Gasteiger partial charge in [-0.2, -0.15) is 11.8 Å². The highest BCUT2D eigenvalue weighted by atomic mass is 32.2. The highest BCUT2D eigenvalue weighted by Gasteiger charge is 2.20. The van der Waals surface area contributed by atoms with E-state index in [2.05, 4.69) is 39.8 Å². The van der Waals surface area contributed by atoms with Crippen molar-refractivity contribution in [3.05, 3.63) is 18.2 Å². The number of rotatable bonds is 7. The summed E-state index contributed by atoms with van der Waals surface area (Å²) in [5.74, 6) is 2.34. The van der Waals surface area contributed by atoms with Gasteiger partial charge in [0.1, 0.15) is 5.82 Å². The van der Waals surface area contributed by atoms with Crippen LogP contribution in [0.3, 0.4) is 0 Å². The number of imidazole rings is 1. The van der Waals surface area contributed by atoms with Crippen LogP contribution in [-0.4, -0.2) is 27.6 Å². The third-order valence-electron chi connectivity index (χ3n) is 3.67. The molecule has 1 fully saturated rings. The fourth-order valence-electron chi connectivity index (χ4n) is 2.64. The Hall–Kier alpha value is -0.480. The van der Waals surface area contributed by atoms with Crippen LogP contribution in [0.15, 0.2) is 12.4 Å². The van der Waals surface area contributed by atoms with Crippen molar-refractivity contribution in [3.8, 4) is 0 Å². The summed E-state index contributed by atoms with van der Waals surface area (Å²) < 4.78 is 2.29. The van der Waals surface area contributed by atoms with Crippen molar-refractivity contribution < 1.29 is 0 Å². The summed E-state index contributed by atoms with van der Waals surface area (Å²) in [7, 11) is 2.05. The summed E-state index contributed by atoms with van der Waals surface area (Å²) in [6.45, 7) is 3.28. The van der Waals surface area contributed by atoms with Gasteiger partial charge >= 0.3 is 0 Å². The van der Waals surface area contributed by atoms with Gasteiger partial charge in [0.05, 0.1) is 6.04 Å². The van der Waals surface area contributed by atoms with Crippen molar-refractivity contribution in [2.45, 2.75) is 56.9 Å². The average Bonchev–Trinajstić information content (AvgIpc) is 3.02. The van der Waals surface area contributed by atoms with Crippen LogP contribution in [0.1, 0.15) is 50.9 Å². The van der Waals surface area contributed by atoms with Crippen LogP contribution in [0, 0.1) is 0 Å². The van der Waals surface area contributed by atoms with E-state index in [1.165, 1.54) is 31.5 Å². The van der Waals surface area contributed by atoms with Crippen molar-refractivity contribution in [1.29, 1.82) is 0 Å². The van der Waals surface area contributed by atoms with Gasteiger partial charge in [-0.05, 0) is 26.3 Å². The lowest BCUT2D eigenvalue weighted by Gasteiger charge is -2.19. The quantitative estimate of drug-likeness (QED) is 0.822. The van der Waals surface area contributed by atoms with Gasteiger partial charge in [-0.3, -0.25) is 0 Å². The van der Waals surface area contributed by atoms with Gasteiger partial charge in [-0.25, -0.2) is 4.98 Å². The van der Waals surface area contributed by atoms with Crippen molar-refractivity contribution in [2.24, 2.45) is 0 Å². The molecule has 3 nitrogen and oxygen atoms in total. The highest BCUT2D eigenvalue weighted by Crippen LogP contribution is 2.31. The minimum atomic E-state index is 0.386. The number of aromatic nitrogens is 2. The predicted octanol–water partition coefficient (Wildman–Crippen LogP) is 3.23. The molecule has 1 atom stereocenters. The lowest BCUT2D eigenvalue weighted by atomic mass is 10.3. The molecule has 1 aromatic heterocycles. The second kappa shape index (κ2) is 7.19. The van der Waals surface area contributed by atoms with Crippen LogP contribution in [0.5, 0.6) is 0 Å². The molecule has 0 aromatic carbocycles. The SMILES string of the molecule is CCCn1ccnc1C(CSC1CCCC1)NC. The number of thioether (sulfide) groups is 1. The molecule has 102 valence electrons. The van der Waals surface area contributed by atoms with Crippen LogP contribution in [-0.2, 0) is 6.54 Å². The molecule has 0 spiro atoms. The van der Waals surface area contributed by atoms with Crippen LogP contribution < -0.4 is 5.32 Å². The minimum absolute atomic E-state index is 0.386. The fourth-order valence-corrected chi connectivity index (χ4v) is 4.08. The molecular formula is C14H25N3S. The van der Waals surface area contributed by atoms with Gasteiger partial charge in [-0.1, -0.05) is 19.8 Å². The molecular weight excluding hydrogens is 242 g/mol. The van der Waals surface area contributed by atoms with Crippen molar-refractivity contribution in [2.75, 3.05) is 12.8 Å². The zero-order valence-corrected chi connectivity index (χ0v) is 12.4. The number of hydrogen-bond donors (Lipinski definition) is 1. The molecule has 0 bridgehead atoms. The van der Waals surface area contributed by atoms with E-state index in [9.17, 15) is 0 Å². The zero-order valence-electron chi connectivity index (χ0n) is 11.6.